The SMILES string of the molecule is CC(C)OP(=O)(OC(C)C)C(Nc1ccc(Sc2cnn(-c3ccccc3)c(=O)c2Cl)cc1)c1ccccc1. The molecule has 4 rings (SSSR count). The zero-order valence-corrected chi connectivity index (χ0v) is 24.6. The molecular formula is C29H31ClN3O4PS. The molecule has 10 heteroatoms. The highest BCUT2D eigenvalue weighted by Crippen LogP contribution is 2.62. The maximum Gasteiger partial charge on any atom is 0.357 e. The fourth-order valence-corrected chi connectivity index (χ4v) is 7.22. The van der Waals surface area contributed by atoms with E-state index in [-0.39, 0.29) is 22.8 Å². The van der Waals surface area contributed by atoms with Gasteiger partial charge in [-0.25, -0.2) is 0 Å². The van der Waals surface area contributed by atoms with E-state index in [2.05, 4.69) is 10.4 Å². The normalized spacial score (nSPS) is 12.6. The predicted octanol–water partition coefficient (Wildman–Crippen LogP) is 8.19. The Morgan fingerprint density at radius 2 is 1.44 bits per heavy atom. The Morgan fingerprint density at radius 1 is 0.872 bits per heavy atom. The summed E-state index contributed by atoms with van der Waals surface area (Å²) in [6.07, 6.45) is 0.996. The van der Waals surface area contributed by atoms with Gasteiger partial charge in [-0.1, -0.05) is 71.9 Å². The molecule has 0 aliphatic rings. The van der Waals surface area contributed by atoms with Crippen molar-refractivity contribution in [3.05, 3.63) is 112 Å². The molecule has 0 amide bonds. The summed E-state index contributed by atoms with van der Waals surface area (Å²) >= 11 is 7.77. The summed E-state index contributed by atoms with van der Waals surface area (Å²) in [6, 6.07) is 26.1. The standard InChI is InChI=1S/C29H31ClN3O4PS/c1-20(2)36-38(35,37-21(3)4)28(22-11-7-5-8-12-22)32-23-15-17-25(18-16-23)39-26-19-31-33(29(34)27(26)30)24-13-9-6-10-14-24/h5-21,28,32H,1-4H3. The first-order chi connectivity index (χ1) is 18.7. The summed E-state index contributed by atoms with van der Waals surface area (Å²) < 4.78 is 27.2. The van der Waals surface area contributed by atoms with Gasteiger partial charge >= 0.3 is 7.60 Å². The Labute approximate surface area is 238 Å². The number of nitrogens with zero attached hydrogens (tertiary/aromatic N) is 2. The van der Waals surface area contributed by atoms with E-state index in [9.17, 15) is 9.36 Å². The molecule has 0 fully saturated rings. The van der Waals surface area contributed by atoms with Crippen molar-refractivity contribution in [1.29, 1.82) is 0 Å². The first-order valence-corrected chi connectivity index (χ1v) is 15.4. The number of rotatable bonds is 11. The van der Waals surface area contributed by atoms with Crippen LogP contribution in [-0.4, -0.2) is 22.0 Å². The van der Waals surface area contributed by atoms with Gasteiger partial charge in [0, 0.05) is 10.6 Å². The maximum absolute atomic E-state index is 14.1. The number of hydrogen-bond donors (Lipinski definition) is 1. The molecule has 4 aromatic rings. The molecule has 204 valence electrons. The number of nitrogens with one attached hydrogen (secondary N) is 1. The Hall–Kier alpha value is -2.87. The lowest BCUT2D eigenvalue weighted by atomic mass is 10.2. The fraction of sp³-hybridized carbons (Fsp3) is 0.241. The molecule has 0 saturated heterocycles. The van der Waals surface area contributed by atoms with Crippen LogP contribution in [0.2, 0.25) is 5.02 Å². The second kappa shape index (κ2) is 13.0. The van der Waals surface area contributed by atoms with Gasteiger partial charge in [-0.2, -0.15) is 9.78 Å². The average molecular weight is 584 g/mol. The van der Waals surface area contributed by atoms with Crippen LogP contribution in [0.3, 0.4) is 0 Å². The smallest absolute Gasteiger partial charge is 0.357 e. The third kappa shape index (κ3) is 7.41. The second-order valence-electron chi connectivity index (χ2n) is 9.31. The molecule has 1 atom stereocenters. The number of benzene rings is 3. The zero-order valence-electron chi connectivity index (χ0n) is 22.2. The van der Waals surface area contributed by atoms with Crippen LogP contribution < -0.4 is 10.9 Å². The van der Waals surface area contributed by atoms with Crippen LogP contribution >= 0.6 is 31.0 Å². The first-order valence-electron chi connectivity index (χ1n) is 12.6. The summed E-state index contributed by atoms with van der Waals surface area (Å²) in [6.45, 7) is 7.34. The van der Waals surface area contributed by atoms with Crippen LogP contribution in [0.5, 0.6) is 0 Å². The maximum atomic E-state index is 14.1. The second-order valence-corrected chi connectivity index (χ2v) is 12.8. The fourth-order valence-electron chi connectivity index (χ4n) is 3.86. The van der Waals surface area contributed by atoms with Crippen molar-refractivity contribution in [3.63, 3.8) is 0 Å². The topological polar surface area (TPSA) is 82.4 Å². The van der Waals surface area contributed by atoms with Crippen LogP contribution in [-0.2, 0) is 13.6 Å². The molecular weight excluding hydrogens is 553 g/mol. The molecule has 7 nitrogen and oxygen atoms in total. The highest BCUT2D eigenvalue weighted by Gasteiger charge is 2.39. The van der Waals surface area contributed by atoms with Crippen molar-refractivity contribution in [2.24, 2.45) is 0 Å². The van der Waals surface area contributed by atoms with E-state index in [1.54, 1.807) is 18.3 Å². The summed E-state index contributed by atoms with van der Waals surface area (Å²) in [7, 11) is -3.62. The van der Waals surface area contributed by atoms with Crippen molar-refractivity contribution < 1.29 is 13.6 Å². The Balaban J connectivity index is 1.58. The van der Waals surface area contributed by atoms with Gasteiger partial charge < -0.3 is 14.4 Å². The highest BCUT2D eigenvalue weighted by atomic mass is 35.5. The zero-order chi connectivity index (χ0) is 28.0. The molecule has 0 aliphatic heterocycles. The molecule has 39 heavy (non-hydrogen) atoms. The molecule has 1 unspecified atom stereocenters. The lowest BCUT2D eigenvalue weighted by Crippen LogP contribution is -2.21. The van der Waals surface area contributed by atoms with Crippen molar-refractivity contribution in [3.8, 4) is 5.69 Å². The Morgan fingerprint density at radius 3 is 2.00 bits per heavy atom. The Bertz CT molecular complexity index is 1470. The molecule has 1 heterocycles. The molecule has 0 saturated carbocycles. The summed E-state index contributed by atoms with van der Waals surface area (Å²) in [5.41, 5.74) is 1.78. The average Bonchev–Trinajstić information content (AvgIpc) is 2.91. The van der Waals surface area contributed by atoms with E-state index in [4.69, 9.17) is 20.6 Å². The van der Waals surface area contributed by atoms with E-state index in [1.807, 2.05) is 100 Å². The van der Waals surface area contributed by atoms with Gasteiger partial charge in [0.2, 0.25) is 0 Å². The number of hydrogen-bond acceptors (Lipinski definition) is 7. The van der Waals surface area contributed by atoms with Crippen LogP contribution in [0, 0.1) is 0 Å². The van der Waals surface area contributed by atoms with E-state index < -0.39 is 13.4 Å². The predicted molar refractivity (Wildman–Crippen MR) is 158 cm³/mol. The molecule has 1 aromatic heterocycles. The lowest BCUT2D eigenvalue weighted by Gasteiger charge is -2.31. The number of aromatic nitrogens is 2. The van der Waals surface area contributed by atoms with Gasteiger partial charge in [0.05, 0.1) is 29.0 Å². The third-order valence-corrected chi connectivity index (χ3v) is 9.43. The van der Waals surface area contributed by atoms with E-state index in [0.717, 1.165) is 16.1 Å². The Kier molecular flexibility index (Phi) is 9.70. The molecule has 0 bridgehead atoms. The first kappa shape index (κ1) is 29.1. The van der Waals surface area contributed by atoms with Crippen molar-refractivity contribution in [2.75, 3.05) is 5.32 Å². The van der Waals surface area contributed by atoms with Crippen molar-refractivity contribution in [2.45, 2.75) is 55.5 Å². The van der Waals surface area contributed by atoms with E-state index >= 15 is 0 Å². The largest absolute Gasteiger partial charge is 0.368 e. The van der Waals surface area contributed by atoms with E-state index in [0.29, 0.717) is 10.6 Å². The van der Waals surface area contributed by atoms with Gasteiger partial charge in [-0.05, 0) is 69.7 Å². The minimum Gasteiger partial charge on any atom is -0.368 e. The molecule has 0 spiro atoms. The minimum absolute atomic E-state index is 0.0998. The van der Waals surface area contributed by atoms with Crippen LogP contribution in [0.25, 0.3) is 5.69 Å². The highest BCUT2D eigenvalue weighted by molar-refractivity contribution is 7.99. The van der Waals surface area contributed by atoms with Crippen LogP contribution in [0.1, 0.15) is 39.0 Å². The quantitative estimate of drug-likeness (QED) is 0.178. The van der Waals surface area contributed by atoms with Gasteiger partial charge in [0.1, 0.15) is 5.02 Å². The number of halogens is 1. The van der Waals surface area contributed by atoms with Gasteiger partial charge in [-0.15, -0.1) is 0 Å². The minimum atomic E-state index is -3.62. The van der Waals surface area contributed by atoms with Gasteiger partial charge in [0.15, 0.2) is 5.78 Å². The molecule has 3 aromatic carbocycles. The van der Waals surface area contributed by atoms with Gasteiger partial charge in [0.25, 0.3) is 5.56 Å². The molecule has 1 N–H and O–H groups in total. The van der Waals surface area contributed by atoms with Gasteiger partial charge in [-0.3, -0.25) is 9.36 Å². The number of para-hydroxylation sites is 1. The van der Waals surface area contributed by atoms with Crippen molar-refractivity contribution >= 4 is 36.6 Å². The monoisotopic (exact) mass is 583 g/mol. The molecule has 0 radical (unpaired) electrons. The van der Waals surface area contributed by atoms with Crippen LogP contribution in [0.15, 0.2) is 106 Å². The van der Waals surface area contributed by atoms with E-state index in [1.165, 1.54) is 16.4 Å². The molecule has 0 aliphatic carbocycles. The summed E-state index contributed by atoms with van der Waals surface area (Å²) in [5, 5.41) is 7.77. The third-order valence-electron chi connectivity index (χ3n) is 5.42. The van der Waals surface area contributed by atoms with Crippen molar-refractivity contribution in [1.82, 2.24) is 9.78 Å². The summed E-state index contributed by atoms with van der Waals surface area (Å²) in [4.78, 5) is 14.2. The summed E-state index contributed by atoms with van der Waals surface area (Å²) in [5.74, 6) is -0.716. The number of anilines is 1. The lowest BCUT2D eigenvalue weighted by molar-refractivity contribution is 0.138. The van der Waals surface area contributed by atoms with Crippen LogP contribution in [0.4, 0.5) is 5.69 Å².